The summed E-state index contributed by atoms with van der Waals surface area (Å²) < 4.78 is 27.5. The first-order chi connectivity index (χ1) is 10.0. The van der Waals surface area contributed by atoms with Gasteiger partial charge in [0.1, 0.15) is 0 Å². The van der Waals surface area contributed by atoms with Crippen molar-refractivity contribution in [1.82, 2.24) is 14.7 Å². The SMILES string of the molecule is CCNc1cccnc1S(=O)(=O)NC(C)c1ccccn1. The average molecular weight is 306 g/mol. The molecule has 2 heterocycles. The van der Waals surface area contributed by atoms with E-state index in [1.165, 1.54) is 6.20 Å². The average Bonchev–Trinajstić information content (AvgIpc) is 2.48. The minimum atomic E-state index is -3.72. The van der Waals surface area contributed by atoms with Crippen LogP contribution >= 0.6 is 0 Å². The molecule has 0 aliphatic heterocycles. The number of aromatic nitrogens is 2. The maximum atomic E-state index is 12.5. The Morgan fingerprint density at radius 2 is 1.90 bits per heavy atom. The van der Waals surface area contributed by atoms with Crippen molar-refractivity contribution in [3.8, 4) is 0 Å². The van der Waals surface area contributed by atoms with Crippen LogP contribution < -0.4 is 10.0 Å². The van der Waals surface area contributed by atoms with Crippen molar-refractivity contribution < 1.29 is 8.42 Å². The second-order valence-corrected chi connectivity index (χ2v) is 6.11. The number of nitrogens with zero attached hydrogens (tertiary/aromatic N) is 2. The Bertz CT molecular complexity index is 689. The molecule has 0 bridgehead atoms. The molecule has 2 aromatic heterocycles. The predicted octanol–water partition coefficient (Wildman–Crippen LogP) is 1.95. The molecular formula is C14H18N4O2S. The molecule has 112 valence electrons. The summed E-state index contributed by atoms with van der Waals surface area (Å²) in [7, 11) is -3.72. The summed E-state index contributed by atoms with van der Waals surface area (Å²) >= 11 is 0. The van der Waals surface area contributed by atoms with Gasteiger partial charge in [0, 0.05) is 18.9 Å². The lowest BCUT2D eigenvalue weighted by molar-refractivity contribution is 0.560. The molecule has 0 amide bonds. The number of hydrogen-bond donors (Lipinski definition) is 2. The van der Waals surface area contributed by atoms with Crippen LogP contribution in [0.15, 0.2) is 47.8 Å². The fourth-order valence-corrected chi connectivity index (χ4v) is 3.24. The first-order valence-corrected chi connectivity index (χ1v) is 8.15. The molecule has 1 unspecified atom stereocenters. The summed E-state index contributed by atoms with van der Waals surface area (Å²) in [5.74, 6) is 0. The van der Waals surface area contributed by atoms with Gasteiger partial charge in [-0.2, -0.15) is 0 Å². The number of sulfonamides is 1. The summed E-state index contributed by atoms with van der Waals surface area (Å²) in [5, 5.41) is 2.99. The van der Waals surface area contributed by atoms with Gasteiger partial charge in [-0.25, -0.2) is 18.1 Å². The van der Waals surface area contributed by atoms with Crippen LogP contribution in [0.3, 0.4) is 0 Å². The maximum Gasteiger partial charge on any atom is 0.260 e. The molecule has 0 fully saturated rings. The molecule has 2 N–H and O–H groups in total. The second kappa shape index (κ2) is 6.64. The molecule has 0 saturated heterocycles. The van der Waals surface area contributed by atoms with Crippen molar-refractivity contribution in [2.45, 2.75) is 24.9 Å². The van der Waals surface area contributed by atoms with E-state index in [1.807, 2.05) is 13.0 Å². The monoisotopic (exact) mass is 306 g/mol. The molecule has 0 aromatic carbocycles. The van der Waals surface area contributed by atoms with E-state index >= 15 is 0 Å². The standard InChI is InChI=1S/C14H18N4O2S/c1-3-15-13-8-6-10-17-14(13)21(19,20)18-11(2)12-7-4-5-9-16-12/h4-11,15,18H,3H2,1-2H3. The van der Waals surface area contributed by atoms with E-state index in [-0.39, 0.29) is 5.03 Å². The van der Waals surface area contributed by atoms with E-state index in [9.17, 15) is 8.42 Å². The normalized spacial score (nSPS) is 12.9. The Morgan fingerprint density at radius 1 is 1.14 bits per heavy atom. The van der Waals surface area contributed by atoms with Crippen LogP contribution in [-0.2, 0) is 10.0 Å². The highest BCUT2D eigenvalue weighted by molar-refractivity contribution is 7.89. The molecule has 0 aliphatic rings. The van der Waals surface area contributed by atoms with E-state index < -0.39 is 16.1 Å². The van der Waals surface area contributed by atoms with E-state index in [0.717, 1.165) is 0 Å². The summed E-state index contributed by atoms with van der Waals surface area (Å²) in [6.07, 6.45) is 3.09. The van der Waals surface area contributed by atoms with E-state index in [4.69, 9.17) is 0 Å². The summed E-state index contributed by atoms with van der Waals surface area (Å²) in [6.45, 7) is 4.26. The van der Waals surface area contributed by atoms with Gasteiger partial charge in [-0.3, -0.25) is 4.98 Å². The Balaban J connectivity index is 2.27. The zero-order valence-corrected chi connectivity index (χ0v) is 12.8. The molecule has 0 aliphatic carbocycles. The predicted molar refractivity (Wildman–Crippen MR) is 81.4 cm³/mol. The van der Waals surface area contributed by atoms with Crippen LogP contribution in [-0.4, -0.2) is 24.9 Å². The van der Waals surface area contributed by atoms with Crippen molar-refractivity contribution in [1.29, 1.82) is 0 Å². The van der Waals surface area contributed by atoms with Gasteiger partial charge in [-0.1, -0.05) is 6.07 Å². The third-order valence-electron chi connectivity index (χ3n) is 2.86. The highest BCUT2D eigenvalue weighted by Crippen LogP contribution is 2.20. The van der Waals surface area contributed by atoms with Crippen molar-refractivity contribution in [3.63, 3.8) is 0 Å². The number of hydrogen-bond acceptors (Lipinski definition) is 5. The second-order valence-electron chi connectivity index (χ2n) is 4.48. The van der Waals surface area contributed by atoms with Gasteiger partial charge >= 0.3 is 0 Å². The van der Waals surface area contributed by atoms with Gasteiger partial charge in [-0.15, -0.1) is 0 Å². The van der Waals surface area contributed by atoms with Crippen molar-refractivity contribution >= 4 is 15.7 Å². The van der Waals surface area contributed by atoms with Gasteiger partial charge in [0.25, 0.3) is 10.0 Å². The minimum Gasteiger partial charge on any atom is -0.383 e. The number of anilines is 1. The highest BCUT2D eigenvalue weighted by Gasteiger charge is 2.23. The molecule has 0 saturated carbocycles. The Kier molecular flexibility index (Phi) is 4.87. The quantitative estimate of drug-likeness (QED) is 0.852. The van der Waals surface area contributed by atoms with Crippen molar-refractivity contribution in [2.75, 3.05) is 11.9 Å². The largest absolute Gasteiger partial charge is 0.383 e. The highest BCUT2D eigenvalue weighted by atomic mass is 32.2. The number of rotatable bonds is 6. The zero-order chi connectivity index (χ0) is 15.3. The van der Waals surface area contributed by atoms with Gasteiger partial charge in [0.15, 0.2) is 5.03 Å². The lowest BCUT2D eigenvalue weighted by Crippen LogP contribution is -2.28. The van der Waals surface area contributed by atoms with E-state index in [0.29, 0.717) is 17.9 Å². The van der Waals surface area contributed by atoms with E-state index in [1.54, 1.807) is 37.4 Å². The molecular weight excluding hydrogens is 288 g/mol. The van der Waals surface area contributed by atoms with Gasteiger partial charge in [-0.05, 0) is 38.1 Å². The molecule has 2 aromatic rings. The third kappa shape index (κ3) is 3.77. The fourth-order valence-electron chi connectivity index (χ4n) is 1.91. The van der Waals surface area contributed by atoms with Crippen LogP contribution in [0.5, 0.6) is 0 Å². The minimum absolute atomic E-state index is 0.00497. The third-order valence-corrected chi connectivity index (χ3v) is 4.35. The van der Waals surface area contributed by atoms with E-state index in [2.05, 4.69) is 20.0 Å². The maximum absolute atomic E-state index is 12.5. The first kappa shape index (κ1) is 15.4. The molecule has 6 nitrogen and oxygen atoms in total. The Hall–Kier alpha value is -1.99. The molecule has 7 heteroatoms. The Morgan fingerprint density at radius 3 is 2.57 bits per heavy atom. The lowest BCUT2D eigenvalue weighted by Gasteiger charge is -2.15. The summed E-state index contributed by atoms with van der Waals surface area (Å²) in [6, 6.07) is 8.32. The number of nitrogens with one attached hydrogen (secondary N) is 2. The van der Waals surface area contributed by atoms with Gasteiger partial charge in [0.2, 0.25) is 0 Å². The van der Waals surface area contributed by atoms with Crippen LogP contribution in [0.4, 0.5) is 5.69 Å². The molecule has 1 atom stereocenters. The topological polar surface area (TPSA) is 84.0 Å². The molecule has 2 rings (SSSR count). The van der Waals surface area contributed by atoms with Gasteiger partial charge in [0.05, 0.1) is 17.4 Å². The molecule has 0 radical (unpaired) electrons. The van der Waals surface area contributed by atoms with Crippen molar-refractivity contribution in [3.05, 3.63) is 48.4 Å². The molecule has 21 heavy (non-hydrogen) atoms. The lowest BCUT2D eigenvalue weighted by atomic mass is 10.2. The van der Waals surface area contributed by atoms with Crippen LogP contribution in [0, 0.1) is 0 Å². The first-order valence-electron chi connectivity index (χ1n) is 6.66. The van der Waals surface area contributed by atoms with Gasteiger partial charge < -0.3 is 5.32 Å². The summed E-state index contributed by atoms with van der Waals surface area (Å²) in [5.41, 5.74) is 1.14. The Labute approximate surface area is 124 Å². The summed E-state index contributed by atoms with van der Waals surface area (Å²) in [4.78, 5) is 8.13. The fraction of sp³-hybridized carbons (Fsp3) is 0.286. The van der Waals surface area contributed by atoms with Crippen LogP contribution in [0.1, 0.15) is 25.6 Å². The zero-order valence-electron chi connectivity index (χ0n) is 11.9. The smallest absolute Gasteiger partial charge is 0.260 e. The molecule has 0 spiro atoms. The van der Waals surface area contributed by atoms with Crippen LogP contribution in [0.25, 0.3) is 0 Å². The van der Waals surface area contributed by atoms with Crippen molar-refractivity contribution in [2.24, 2.45) is 0 Å². The van der Waals surface area contributed by atoms with Crippen LogP contribution in [0.2, 0.25) is 0 Å². The number of pyridine rings is 2.